The maximum absolute atomic E-state index is 5.91. The number of hydrogen-bond donors (Lipinski definition) is 2. The van der Waals surface area contributed by atoms with Crippen LogP contribution in [0.5, 0.6) is 0 Å². The summed E-state index contributed by atoms with van der Waals surface area (Å²) >= 11 is 0. The SMILES string of the molecule is C#CC(C)NC1(CN)CCN(C(C)C)CC1. The highest BCUT2D eigenvalue weighted by Crippen LogP contribution is 2.23. The maximum atomic E-state index is 5.91. The largest absolute Gasteiger partial charge is 0.329 e. The molecule has 1 aliphatic rings. The van der Waals surface area contributed by atoms with E-state index in [-0.39, 0.29) is 11.6 Å². The second-order valence-electron chi connectivity index (χ2n) is 5.15. The lowest BCUT2D eigenvalue weighted by Crippen LogP contribution is -2.60. The Kier molecular flexibility index (Phi) is 4.79. The van der Waals surface area contributed by atoms with Gasteiger partial charge in [0, 0.05) is 31.2 Å². The maximum Gasteiger partial charge on any atom is 0.0663 e. The van der Waals surface area contributed by atoms with Crippen molar-refractivity contribution in [2.45, 2.75) is 51.2 Å². The molecule has 0 aromatic rings. The summed E-state index contributed by atoms with van der Waals surface area (Å²) in [4.78, 5) is 2.50. The lowest BCUT2D eigenvalue weighted by Gasteiger charge is -2.44. The van der Waals surface area contributed by atoms with Crippen molar-refractivity contribution in [3.05, 3.63) is 0 Å². The third-order valence-corrected chi connectivity index (χ3v) is 3.65. The fraction of sp³-hybridized carbons (Fsp3) is 0.846. The first kappa shape index (κ1) is 13.5. The van der Waals surface area contributed by atoms with Crippen molar-refractivity contribution in [2.75, 3.05) is 19.6 Å². The molecule has 0 aromatic heterocycles. The van der Waals surface area contributed by atoms with Crippen molar-refractivity contribution in [1.29, 1.82) is 0 Å². The minimum Gasteiger partial charge on any atom is -0.329 e. The number of piperidine rings is 1. The first-order valence-corrected chi connectivity index (χ1v) is 6.21. The standard InChI is InChI=1S/C13H25N3/c1-5-12(4)15-13(10-14)6-8-16(9-7-13)11(2)3/h1,11-12,15H,6-10,14H2,2-4H3. The molecule has 16 heavy (non-hydrogen) atoms. The van der Waals surface area contributed by atoms with Gasteiger partial charge in [-0.25, -0.2) is 0 Å². The van der Waals surface area contributed by atoms with E-state index in [1.54, 1.807) is 0 Å². The van der Waals surface area contributed by atoms with Gasteiger partial charge in [0.2, 0.25) is 0 Å². The molecule has 92 valence electrons. The van der Waals surface area contributed by atoms with Crippen LogP contribution < -0.4 is 11.1 Å². The Balaban J connectivity index is 2.55. The van der Waals surface area contributed by atoms with Crippen LogP contribution in [0.3, 0.4) is 0 Å². The molecule has 0 saturated carbocycles. The predicted octanol–water partition coefficient (Wildman–Crippen LogP) is 0.799. The van der Waals surface area contributed by atoms with E-state index in [1.807, 2.05) is 6.92 Å². The Bertz CT molecular complexity index is 246. The fourth-order valence-electron chi connectivity index (χ4n) is 2.38. The molecule has 1 heterocycles. The topological polar surface area (TPSA) is 41.3 Å². The van der Waals surface area contributed by atoms with Crippen LogP contribution in [0.4, 0.5) is 0 Å². The Labute approximate surface area is 99.8 Å². The summed E-state index contributed by atoms with van der Waals surface area (Å²) in [6, 6.07) is 0.731. The second-order valence-corrected chi connectivity index (χ2v) is 5.15. The summed E-state index contributed by atoms with van der Waals surface area (Å²) < 4.78 is 0. The molecule has 0 radical (unpaired) electrons. The highest BCUT2D eigenvalue weighted by molar-refractivity contribution is 5.03. The lowest BCUT2D eigenvalue weighted by atomic mass is 9.86. The zero-order valence-electron chi connectivity index (χ0n) is 10.8. The third kappa shape index (κ3) is 3.21. The lowest BCUT2D eigenvalue weighted by molar-refractivity contribution is 0.111. The second kappa shape index (κ2) is 5.67. The Morgan fingerprint density at radius 3 is 2.31 bits per heavy atom. The molecular formula is C13H25N3. The van der Waals surface area contributed by atoms with Gasteiger partial charge < -0.3 is 10.6 Å². The number of nitrogens with zero attached hydrogens (tertiary/aromatic N) is 1. The van der Waals surface area contributed by atoms with Gasteiger partial charge in [0.05, 0.1) is 6.04 Å². The molecule has 1 atom stereocenters. The number of terminal acetylenes is 1. The normalized spacial score (nSPS) is 23.0. The fourth-order valence-corrected chi connectivity index (χ4v) is 2.38. The van der Waals surface area contributed by atoms with Crippen molar-refractivity contribution in [3.8, 4) is 12.3 Å². The van der Waals surface area contributed by atoms with Gasteiger partial charge in [0.25, 0.3) is 0 Å². The van der Waals surface area contributed by atoms with E-state index in [0.29, 0.717) is 12.6 Å². The summed E-state index contributed by atoms with van der Waals surface area (Å²) in [5.41, 5.74) is 5.97. The molecule has 1 unspecified atom stereocenters. The number of rotatable bonds is 4. The summed E-state index contributed by atoms with van der Waals surface area (Å²) in [7, 11) is 0. The van der Waals surface area contributed by atoms with E-state index >= 15 is 0 Å². The molecule has 0 spiro atoms. The zero-order valence-corrected chi connectivity index (χ0v) is 10.8. The number of nitrogens with one attached hydrogen (secondary N) is 1. The van der Waals surface area contributed by atoms with Crippen molar-refractivity contribution in [1.82, 2.24) is 10.2 Å². The zero-order chi connectivity index (χ0) is 12.2. The smallest absolute Gasteiger partial charge is 0.0663 e. The van der Waals surface area contributed by atoms with Gasteiger partial charge in [-0.15, -0.1) is 6.42 Å². The number of hydrogen-bond acceptors (Lipinski definition) is 3. The van der Waals surface area contributed by atoms with Gasteiger partial charge in [-0.3, -0.25) is 5.32 Å². The molecule has 0 aromatic carbocycles. The molecule has 1 aliphatic heterocycles. The molecule has 1 fully saturated rings. The Hall–Kier alpha value is -0.560. The van der Waals surface area contributed by atoms with Crippen LogP contribution in [-0.2, 0) is 0 Å². The van der Waals surface area contributed by atoms with Crippen LogP contribution in [0.1, 0.15) is 33.6 Å². The Morgan fingerprint density at radius 2 is 1.94 bits per heavy atom. The summed E-state index contributed by atoms with van der Waals surface area (Å²) in [5.74, 6) is 2.73. The van der Waals surface area contributed by atoms with Crippen molar-refractivity contribution in [3.63, 3.8) is 0 Å². The summed E-state index contributed by atoms with van der Waals surface area (Å²) in [5, 5.41) is 3.50. The van der Waals surface area contributed by atoms with Crippen molar-refractivity contribution < 1.29 is 0 Å². The van der Waals surface area contributed by atoms with E-state index in [1.165, 1.54) is 0 Å². The molecule has 1 rings (SSSR count). The van der Waals surface area contributed by atoms with Crippen LogP contribution in [0.2, 0.25) is 0 Å². The van der Waals surface area contributed by atoms with Crippen LogP contribution in [-0.4, -0.2) is 42.2 Å². The van der Waals surface area contributed by atoms with Crippen molar-refractivity contribution >= 4 is 0 Å². The van der Waals surface area contributed by atoms with Gasteiger partial charge >= 0.3 is 0 Å². The molecule has 0 amide bonds. The van der Waals surface area contributed by atoms with Gasteiger partial charge in [-0.2, -0.15) is 0 Å². The molecule has 1 saturated heterocycles. The number of likely N-dealkylation sites (tertiary alicyclic amines) is 1. The summed E-state index contributed by atoms with van der Waals surface area (Å²) in [6.45, 7) is 9.40. The number of nitrogens with two attached hydrogens (primary N) is 1. The predicted molar refractivity (Wildman–Crippen MR) is 69.2 cm³/mol. The molecule has 3 N–H and O–H groups in total. The average Bonchev–Trinajstić information content (AvgIpc) is 2.29. The average molecular weight is 223 g/mol. The molecule has 3 heteroatoms. The van der Waals surface area contributed by atoms with E-state index < -0.39 is 0 Å². The molecule has 3 nitrogen and oxygen atoms in total. The first-order chi connectivity index (χ1) is 7.53. The van der Waals surface area contributed by atoms with Gasteiger partial charge in [-0.1, -0.05) is 5.92 Å². The van der Waals surface area contributed by atoms with Crippen LogP contribution >= 0.6 is 0 Å². The van der Waals surface area contributed by atoms with Gasteiger partial charge in [-0.05, 0) is 33.6 Å². The van der Waals surface area contributed by atoms with E-state index in [2.05, 4.69) is 30.0 Å². The minimum absolute atomic E-state index is 0.0528. The third-order valence-electron chi connectivity index (χ3n) is 3.65. The van der Waals surface area contributed by atoms with E-state index in [4.69, 9.17) is 12.2 Å². The molecule has 0 aliphatic carbocycles. The Morgan fingerprint density at radius 1 is 1.38 bits per heavy atom. The molecule has 0 bridgehead atoms. The van der Waals surface area contributed by atoms with Crippen LogP contribution in [0.15, 0.2) is 0 Å². The van der Waals surface area contributed by atoms with Crippen LogP contribution in [0, 0.1) is 12.3 Å². The quantitative estimate of drug-likeness (QED) is 0.693. The van der Waals surface area contributed by atoms with E-state index in [9.17, 15) is 0 Å². The highest BCUT2D eigenvalue weighted by atomic mass is 15.2. The monoisotopic (exact) mass is 223 g/mol. The summed E-state index contributed by atoms with van der Waals surface area (Å²) in [6.07, 6.45) is 7.60. The first-order valence-electron chi connectivity index (χ1n) is 6.21. The highest BCUT2D eigenvalue weighted by Gasteiger charge is 2.34. The van der Waals surface area contributed by atoms with Crippen LogP contribution in [0.25, 0.3) is 0 Å². The minimum atomic E-state index is 0.0528. The van der Waals surface area contributed by atoms with Crippen molar-refractivity contribution in [2.24, 2.45) is 5.73 Å². The van der Waals surface area contributed by atoms with Gasteiger partial charge in [0.1, 0.15) is 0 Å². The van der Waals surface area contributed by atoms with Gasteiger partial charge in [0.15, 0.2) is 0 Å². The molecular weight excluding hydrogens is 198 g/mol. The van der Waals surface area contributed by atoms with E-state index in [0.717, 1.165) is 25.9 Å².